The zero-order valence-corrected chi connectivity index (χ0v) is 14.5. The summed E-state index contributed by atoms with van der Waals surface area (Å²) in [6, 6.07) is 3.92. The lowest BCUT2D eigenvalue weighted by molar-refractivity contribution is 0.367. The molecule has 0 bridgehead atoms. The Kier molecular flexibility index (Phi) is 5.93. The van der Waals surface area contributed by atoms with Gasteiger partial charge in [0.15, 0.2) is 11.5 Å². The zero-order chi connectivity index (χ0) is 16.1. The molecule has 1 aliphatic rings. The summed E-state index contributed by atoms with van der Waals surface area (Å²) in [6.45, 7) is 6.72. The predicted octanol–water partition coefficient (Wildman–Crippen LogP) is 5.28. The van der Waals surface area contributed by atoms with E-state index in [1.54, 1.807) is 12.7 Å². The van der Waals surface area contributed by atoms with E-state index < -0.39 is 0 Å². The van der Waals surface area contributed by atoms with E-state index in [2.05, 4.69) is 26.8 Å². The number of ether oxygens (including phenoxy) is 1. The molecule has 0 aromatic heterocycles. The molecular formula is C20H30O2. The van der Waals surface area contributed by atoms with Crippen LogP contribution >= 0.6 is 0 Å². The average Bonchev–Trinajstić information content (AvgIpc) is 2.50. The summed E-state index contributed by atoms with van der Waals surface area (Å²) >= 11 is 0. The van der Waals surface area contributed by atoms with Crippen LogP contribution in [0.1, 0.15) is 57.6 Å². The van der Waals surface area contributed by atoms with Gasteiger partial charge >= 0.3 is 0 Å². The number of methoxy groups -OCH3 is 1. The standard InChI is InChI=1S/C20H30O2/c1-5-16(14(2)3)8-6-7-15-9-10-17-12-19(21)20(22-4)13-18(17)11-15/h5,12-15,21H,6-11H2,1-4H3/b16-5+. The summed E-state index contributed by atoms with van der Waals surface area (Å²) in [5.74, 6) is 2.32. The highest BCUT2D eigenvalue weighted by Crippen LogP contribution is 2.36. The number of hydrogen-bond acceptors (Lipinski definition) is 2. The summed E-state index contributed by atoms with van der Waals surface area (Å²) in [4.78, 5) is 0. The molecule has 2 rings (SSSR count). The summed E-state index contributed by atoms with van der Waals surface area (Å²) in [5.41, 5.74) is 4.25. The minimum Gasteiger partial charge on any atom is -0.504 e. The van der Waals surface area contributed by atoms with E-state index in [9.17, 15) is 5.11 Å². The van der Waals surface area contributed by atoms with E-state index in [0.717, 1.165) is 18.8 Å². The molecule has 1 atom stereocenters. The number of phenols is 1. The molecule has 0 spiro atoms. The number of allylic oxidation sites excluding steroid dienone is 2. The van der Waals surface area contributed by atoms with Crippen molar-refractivity contribution in [2.75, 3.05) is 7.11 Å². The van der Waals surface area contributed by atoms with Crippen LogP contribution in [-0.2, 0) is 12.8 Å². The van der Waals surface area contributed by atoms with Gasteiger partial charge in [0.25, 0.3) is 0 Å². The number of rotatable bonds is 6. The van der Waals surface area contributed by atoms with Gasteiger partial charge in [-0.15, -0.1) is 0 Å². The molecule has 0 saturated heterocycles. The molecule has 1 aliphatic carbocycles. The van der Waals surface area contributed by atoms with E-state index in [-0.39, 0.29) is 5.75 Å². The van der Waals surface area contributed by atoms with Gasteiger partial charge in [0, 0.05) is 0 Å². The molecule has 0 saturated carbocycles. The Bertz CT molecular complexity index is 529. The smallest absolute Gasteiger partial charge is 0.160 e. The van der Waals surface area contributed by atoms with E-state index in [1.807, 2.05) is 12.1 Å². The van der Waals surface area contributed by atoms with Crippen LogP contribution in [-0.4, -0.2) is 12.2 Å². The van der Waals surface area contributed by atoms with Crippen LogP contribution in [0.25, 0.3) is 0 Å². The predicted molar refractivity (Wildman–Crippen MR) is 92.6 cm³/mol. The van der Waals surface area contributed by atoms with Gasteiger partial charge in [-0.1, -0.05) is 25.5 Å². The van der Waals surface area contributed by atoms with Gasteiger partial charge in [0.1, 0.15) is 0 Å². The second kappa shape index (κ2) is 7.71. The number of aryl methyl sites for hydroxylation is 1. The third-order valence-corrected chi connectivity index (χ3v) is 5.02. The first-order valence-electron chi connectivity index (χ1n) is 8.59. The monoisotopic (exact) mass is 302 g/mol. The fraction of sp³-hybridized carbons (Fsp3) is 0.600. The molecule has 122 valence electrons. The lowest BCUT2D eigenvalue weighted by Gasteiger charge is -2.25. The van der Waals surface area contributed by atoms with Gasteiger partial charge in [-0.05, 0) is 80.5 Å². The molecule has 2 heteroatoms. The van der Waals surface area contributed by atoms with Crippen molar-refractivity contribution >= 4 is 0 Å². The lowest BCUT2D eigenvalue weighted by atomic mass is 9.80. The van der Waals surface area contributed by atoms with Crippen LogP contribution in [0.2, 0.25) is 0 Å². The number of fused-ring (bicyclic) bond motifs is 1. The summed E-state index contributed by atoms with van der Waals surface area (Å²) < 4.78 is 5.24. The first-order valence-corrected chi connectivity index (χ1v) is 8.59. The largest absolute Gasteiger partial charge is 0.504 e. The van der Waals surface area contributed by atoms with Crippen molar-refractivity contribution in [1.82, 2.24) is 0 Å². The van der Waals surface area contributed by atoms with Crippen molar-refractivity contribution in [2.24, 2.45) is 11.8 Å². The van der Waals surface area contributed by atoms with Gasteiger partial charge in [0.2, 0.25) is 0 Å². The van der Waals surface area contributed by atoms with Crippen molar-refractivity contribution in [1.29, 1.82) is 0 Å². The highest BCUT2D eigenvalue weighted by Gasteiger charge is 2.20. The Morgan fingerprint density at radius 1 is 1.36 bits per heavy atom. The topological polar surface area (TPSA) is 29.5 Å². The normalized spacial score (nSPS) is 18.4. The number of hydrogen-bond donors (Lipinski definition) is 1. The van der Waals surface area contributed by atoms with E-state index >= 15 is 0 Å². The van der Waals surface area contributed by atoms with Gasteiger partial charge < -0.3 is 9.84 Å². The number of aromatic hydroxyl groups is 1. The first kappa shape index (κ1) is 16.9. The number of benzene rings is 1. The first-order chi connectivity index (χ1) is 10.5. The molecule has 0 amide bonds. The van der Waals surface area contributed by atoms with Crippen molar-refractivity contribution in [3.05, 3.63) is 34.9 Å². The van der Waals surface area contributed by atoms with Gasteiger partial charge in [-0.25, -0.2) is 0 Å². The van der Waals surface area contributed by atoms with Gasteiger partial charge in [-0.3, -0.25) is 0 Å². The molecule has 0 radical (unpaired) electrons. The van der Waals surface area contributed by atoms with Crippen LogP contribution in [0.3, 0.4) is 0 Å². The molecule has 2 nitrogen and oxygen atoms in total. The Hall–Kier alpha value is -1.44. The van der Waals surface area contributed by atoms with E-state index in [1.165, 1.54) is 36.8 Å². The summed E-state index contributed by atoms with van der Waals surface area (Å²) in [7, 11) is 1.62. The highest BCUT2D eigenvalue weighted by atomic mass is 16.5. The van der Waals surface area contributed by atoms with Gasteiger partial charge in [0.05, 0.1) is 7.11 Å². The summed E-state index contributed by atoms with van der Waals surface area (Å²) in [5, 5.41) is 9.88. The maximum atomic E-state index is 9.88. The van der Waals surface area contributed by atoms with Gasteiger partial charge in [-0.2, -0.15) is 0 Å². The fourth-order valence-electron chi connectivity index (χ4n) is 3.62. The zero-order valence-electron chi connectivity index (χ0n) is 14.5. The summed E-state index contributed by atoms with van der Waals surface area (Å²) in [6.07, 6.45) is 9.55. The van der Waals surface area contributed by atoms with E-state index in [4.69, 9.17) is 4.74 Å². The minimum atomic E-state index is 0.273. The highest BCUT2D eigenvalue weighted by molar-refractivity contribution is 5.47. The number of phenolic OH excluding ortho intramolecular Hbond substituents is 1. The third-order valence-electron chi connectivity index (χ3n) is 5.02. The lowest BCUT2D eigenvalue weighted by Crippen LogP contribution is -2.14. The van der Waals surface area contributed by atoms with Crippen LogP contribution in [0, 0.1) is 11.8 Å². The molecule has 1 aromatic rings. The molecule has 0 aliphatic heterocycles. The molecule has 1 aromatic carbocycles. The van der Waals surface area contributed by atoms with Crippen molar-refractivity contribution in [3.8, 4) is 11.5 Å². The van der Waals surface area contributed by atoms with Crippen LogP contribution in [0.15, 0.2) is 23.8 Å². The molecule has 0 heterocycles. The third kappa shape index (κ3) is 4.06. The Balaban J connectivity index is 1.92. The second-order valence-corrected chi connectivity index (χ2v) is 6.81. The Labute approximate surface area is 135 Å². The van der Waals surface area contributed by atoms with Crippen molar-refractivity contribution in [2.45, 2.75) is 59.3 Å². The maximum absolute atomic E-state index is 9.88. The maximum Gasteiger partial charge on any atom is 0.160 e. The Morgan fingerprint density at radius 3 is 2.77 bits per heavy atom. The Morgan fingerprint density at radius 2 is 2.14 bits per heavy atom. The average molecular weight is 302 g/mol. The molecule has 1 N–H and O–H groups in total. The van der Waals surface area contributed by atoms with E-state index in [0.29, 0.717) is 11.7 Å². The minimum absolute atomic E-state index is 0.273. The quantitative estimate of drug-likeness (QED) is 0.725. The molecule has 22 heavy (non-hydrogen) atoms. The fourth-order valence-corrected chi connectivity index (χ4v) is 3.62. The van der Waals surface area contributed by atoms with Crippen molar-refractivity contribution in [3.63, 3.8) is 0 Å². The molecular weight excluding hydrogens is 272 g/mol. The molecule has 1 unspecified atom stereocenters. The SMILES string of the molecule is C/C=C(\CCCC1CCc2cc(O)c(OC)cc2C1)C(C)C. The molecule has 0 fully saturated rings. The van der Waals surface area contributed by atoms with Crippen LogP contribution in [0.5, 0.6) is 11.5 Å². The van der Waals surface area contributed by atoms with Crippen LogP contribution in [0.4, 0.5) is 0 Å². The second-order valence-electron chi connectivity index (χ2n) is 6.81. The van der Waals surface area contributed by atoms with Crippen LogP contribution < -0.4 is 4.74 Å². The van der Waals surface area contributed by atoms with Crippen molar-refractivity contribution < 1.29 is 9.84 Å².